The van der Waals surface area contributed by atoms with Crippen molar-refractivity contribution in [2.45, 2.75) is 13.3 Å². The molecular weight excluding hydrogens is 268 g/mol. The first-order valence-electron chi connectivity index (χ1n) is 6.51. The molecule has 0 spiro atoms. The Labute approximate surface area is 121 Å². The molecular formula is C16H12N2O3. The number of carbonyl (C=O) groups excluding carboxylic acids is 1. The standard InChI is InChI=1S/C16H12N2O3/c1-10-6-7-13-12(8-10)16(19)9-14(17-13)11-4-2-3-5-15(11)18(20)21/h2-8H,9H2,1H3. The number of ketones is 1. The first kappa shape index (κ1) is 13.2. The maximum absolute atomic E-state index is 12.3. The number of para-hydroxylation sites is 1. The van der Waals surface area contributed by atoms with Gasteiger partial charge in [-0.3, -0.25) is 19.9 Å². The molecule has 0 fully saturated rings. The van der Waals surface area contributed by atoms with Crippen molar-refractivity contribution in [2.24, 2.45) is 4.99 Å². The summed E-state index contributed by atoms with van der Waals surface area (Å²) in [5.41, 5.74) is 2.97. The molecule has 0 radical (unpaired) electrons. The molecule has 2 aromatic rings. The van der Waals surface area contributed by atoms with Crippen LogP contribution in [0, 0.1) is 17.0 Å². The van der Waals surface area contributed by atoms with Crippen LogP contribution >= 0.6 is 0 Å². The molecule has 1 heterocycles. The second-order valence-corrected chi connectivity index (χ2v) is 4.95. The summed E-state index contributed by atoms with van der Waals surface area (Å²) >= 11 is 0. The first-order chi connectivity index (χ1) is 10.1. The zero-order chi connectivity index (χ0) is 15.0. The van der Waals surface area contributed by atoms with Gasteiger partial charge in [-0.05, 0) is 25.1 Å². The highest BCUT2D eigenvalue weighted by atomic mass is 16.6. The van der Waals surface area contributed by atoms with Crippen LogP contribution in [0.3, 0.4) is 0 Å². The Balaban J connectivity index is 2.15. The van der Waals surface area contributed by atoms with Crippen LogP contribution in [0.2, 0.25) is 0 Å². The number of aliphatic imine (C=N–C) groups is 1. The highest BCUT2D eigenvalue weighted by Gasteiger charge is 2.25. The molecule has 0 N–H and O–H groups in total. The van der Waals surface area contributed by atoms with E-state index in [-0.39, 0.29) is 17.9 Å². The molecule has 21 heavy (non-hydrogen) atoms. The van der Waals surface area contributed by atoms with E-state index in [9.17, 15) is 14.9 Å². The molecule has 2 aromatic carbocycles. The maximum atomic E-state index is 12.3. The average Bonchev–Trinajstić information content (AvgIpc) is 2.47. The molecule has 0 aliphatic carbocycles. The van der Waals surface area contributed by atoms with Gasteiger partial charge in [0.25, 0.3) is 5.69 Å². The van der Waals surface area contributed by atoms with Crippen LogP contribution in [0.15, 0.2) is 47.5 Å². The Bertz CT molecular complexity index is 794. The minimum absolute atomic E-state index is 0.0281. The minimum atomic E-state index is -0.451. The molecule has 0 amide bonds. The van der Waals surface area contributed by atoms with Gasteiger partial charge in [0.05, 0.1) is 28.3 Å². The molecule has 0 saturated heterocycles. The van der Waals surface area contributed by atoms with Gasteiger partial charge >= 0.3 is 0 Å². The fourth-order valence-corrected chi connectivity index (χ4v) is 2.44. The van der Waals surface area contributed by atoms with E-state index < -0.39 is 4.92 Å². The lowest BCUT2D eigenvalue weighted by Crippen LogP contribution is -2.15. The highest BCUT2D eigenvalue weighted by molar-refractivity contribution is 6.22. The fraction of sp³-hybridized carbons (Fsp3) is 0.125. The highest BCUT2D eigenvalue weighted by Crippen LogP contribution is 2.31. The Morgan fingerprint density at radius 2 is 1.90 bits per heavy atom. The van der Waals surface area contributed by atoms with Crippen molar-refractivity contribution >= 4 is 22.9 Å². The Kier molecular flexibility index (Phi) is 3.10. The summed E-state index contributed by atoms with van der Waals surface area (Å²) in [6.07, 6.45) is 0.0846. The summed E-state index contributed by atoms with van der Waals surface area (Å²) < 4.78 is 0. The SMILES string of the molecule is Cc1ccc2c(c1)C(=O)CC(c1ccccc1[N+](=O)[O-])=N2. The van der Waals surface area contributed by atoms with Crippen LogP contribution in [0.25, 0.3) is 0 Å². The summed E-state index contributed by atoms with van der Waals surface area (Å²) in [6.45, 7) is 1.91. The summed E-state index contributed by atoms with van der Waals surface area (Å²) in [5.74, 6) is -0.0585. The Hall–Kier alpha value is -2.82. The van der Waals surface area contributed by atoms with Crippen molar-refractivity contribution < 1.29 is 9.72 Å². The molecule has 104 valence electrons. The van der Waals surface area contributed by atoms with Crippen molar-refractivity contribution in [3.8, 4) is 0 Å². The molecule has 0 saturated carbocycles. The number of Topliss-reactive ketones (excluding diaryl/α,β-unsaturated/α-hetero) is 1. The summed E-state index contributed by atoms with van der Waals surface area (Å²) in [4.78, 5) is 27.3. The second kappa shape index (κ2) is 4.94. The zero-order valence-corrected chi connectivity index (χ0v) is 11.4. The Morgan fingerprint density at radius 3 is 2.67 bits per heavy atom. The lowest BCUT2D eigenvalue weighted by Gasteiger charge is -2.15. The number of fused-ring (bicyclic) bond motifs is 1. The predicted molar refractivity (Wildman–Crippen MR) is 79.4 cm³/mol. The zero-order valence-electron chi connectivity index (χ0n) is 11.4. The van der Waals surface area contributed by atoms with E-state index in [4.69, 9.17) is 0 Å². The maximum Gasteiger partial charge on any atom is 0.278 e. The van der Waals surface area contributed by atoms with E-state index in [0.29, 0.717) is 22.5 Å². The van der Waals surface area contributed by atoms with Crippen molar-refractivity contribution in [2.75, 3.05) is 0 Å². The molecule has 1 aliphatic rings. The topological polar surface area (TPSA) is 72.6 Å². The van der Waals surface area contributed by atoms with Crippen LogP contribution in [0.1, 0.15) is 27.9 Å². The van der Waals surface area contributed by atoms with E-state index in [1.54, 1.807) is 30.3 Å². The number of carbonyl (C=O) groups is 1. The molecule has 0 atom stereocenters. The summed E-state index contributed by atoms with van der Waals surface area (Å²) in [5, 5.41) is 11.1. The fourth-order valence-electron chi connectivity index (χ4n) is 2.44. The predicted octanol–water partition coefficient (Wildman–Crippen LogP) is 3.61. The third-order valence-electron chi connectivity index (χ3n) is 3.45. The van der Waals surface area contributed by atoms with Gasteiger partial charge in [0.15, 0.2) is 5.78 Å². The minimum Gasteiger partial charge on any atom is -0.294 e. The molecule has 5 nitrogen and oxygen atoms in total. The monoisotopic (exact) mass is 280 g/mol. The molecule has 3 rings (SSSR count). The van der Waals surface area contributed by atoms with Gasteiger partial charge in [-0.1, -0.05) is 23.8 Å². The van der Waals surface area contributed by atoms with Gasteiger partial charge in [0.1, 0.15) is 0 Å². The number of benzene rings is 2. The van der Waals surface area contributed by atoms with E-state index >= 15 is 0 Å². The normalized spacial score (nSPS) is 13.6. The number of nitrogens with zero attached hydrogens (tertiary/aromatic N) is 2. The van der Waals surface area contributed by atoms with Crippen molar-refractivity contribution in [3.63, 3.8) is 0 Å². The van der Waals surface area contributed by atoms with Gasteiger partial charge in [-0.2, -0.15) is 0 Å². The lowest BCUT2D eigenvalue weighted by atomic mass is 9.94. The second-order valence-electron chi connectivity index (χ2n) is 4.95. The summed E-state index contributed by atoms with van der Waals surface area (Å²) in [7, 11) is 0. The van der Waals surface area contributed by atoms with Crippen molar-refractivity contribution in [1.82, 2.24) is 0 Å². The quantitative estimate of drug-likeness (QED) is 0.623. The van der Waals surface area contributed by atoms with Crippen LogP contribution < -0.4 is 0 Å². The molecule has 0 unspecified atom stereocenters. The van der Waals surface area contributed by atoms with E-state index in [0.717, 1.165) is 5.56 Å². The van der Waals surface area contributed by atoms with Gasteiger partial charge < -0.3 is 0 Å². The smallest absolute Gasteiger partial charge is 0.278 e. The van der Waals surface area contributed by atoms with E-state index in [2.05, 4.69) is 4.99 Å². The molecule has 0 bridgehead atoms. The molecule has 5 heteroatoms. The van der Waals surface area contributed by atoms with Crippen molar-refractivity contribution in [1.29, 1.82) is 0 Å². The number of hydrogen-bond acceptors (Lipinski definition) is 4. The number of nitro groups is 1. The number of rotatable bonds is 2. The Morgan fingerprint density at radius 1 is 1.14 bits per heavy atom. The number of aryl methyl sites for hydroxylation is 1. The van der Waals surface area contributed by atoms with Crippen LogP contribution in [0.4, 0.5) is 11.4 Å². The van der Waals surface area contributed by atoms with E-state index in [1.165, 1.54) is 6.07 Å². The van der Waals surface area contributed by atoms with Crippen LogP contribution in [-0.2, 0) is 0 Å². The molecule has 0 aromatic heterocycles. The van der Waals surface area contributed by atoms with Crippen LogP contribution in [-0.4, -0.2) is 16.4 Å². The van der Waals surface area contributed by atoms with Gasteiger partial charge in [-0.25, -0.2) is 0 Å². The number of hydrogen-bond donors (Lipinski definition) is 0. The summed E-state index contributed by atoms with van der Waals surface area (Å²) in [6, 6.07) is 11.8. The lowest BCUT2D eigenvalue weighted by molar-refractivity contribution is -0.385. The third-order valence-corrected chi connectivity index (χ3v) is 3.45. The average molecular weight is 280 g/mol. The third kappa shape index (κ3) is 2.33. The van der Waals surface area contributed by atoms with Crippen LogP contribution in [0.5, 0.6) is 0 Å². The van der Waals surface area contributed by atoms with E-state index in [1.807, 2.05) is 13.0 Å². The molecule has 1 aliphatic heterocycles. The van der Waals surface area contributed by atoms with Gasteiger partial charge in [0, 0.05) is 11.6 Å². The van der Waals surface area contributed by atoms with Gasteiger partial charge in [0.2, 0.25) is 0 Å². The number of nitro benzene ring substituents is 1. The van der Waals surface area contributed by atoms with Gasteiger partial charge in [-0.15, -0.1) is 0 Å². The first-order valence-corrected chi connectivity index (χ1v) is 6.51. The van der Waals surface area contributed by atoms with Crippen molar-refractivity contribution in [3.05, 3.63) is 69.3 Å². The largest absolute Gasteiger partial charge is 0.294 e.